The van der Waals surface area contributed by atoms with Crippen LogP contribution in [0.4, 0.5) is 0 Å². The largest absolute Gasteiger partial charge is 0.464 e. The van der Waals surface area contributed by atoms with Crippen molar-refractivity contribution in [2.75, 3.05) is 20.7 Å². The second kappa shape index (κ2) is 7.30. The van der Waals surface area contributed by atoms with Crippen molar-refractivity contribution in [3.8, 4) is 0 Å². The van der Waals surface area contributed by atoms with E-state index in [9.17, 15) is 4.79 Å². The fourth-order valence-corrected chi connectivity index (χ4v) is 2.26. The minimum Gasteiger partial charge on any atom is -0.464 e. The molecule has 1 atom stereocenters. The number of rotatable bonds is 5. The summed E-state index contributed by atoms with van der Waals surface area (Å²) in [4.78, 5) is 18.1. The summed E-state index contributed by atoms with van der Waals surface area (Å²) in [6, 6.07) is -0.308. The molecule has 0 aromatic rings. The molecule has 1 saturated carbocycles. The third-order valence-corrected chi connectivity index (χ3v) is 3.08. The minimum absolute atomic E-state index is 0.169. The maximum Gasteiger partial charge on any atom is 0.331 e. The van der Waals surface area contributed by atoms with E-state index in [0.29, 0.717) is 12.5 Å². The first-order chi connectivity index (χ1) is 8.15. The van der Waals surface area contributed by atoms with Crippen LogP contribution in [0.5, 0.6) is 0 Å². The average molecular weight is 240 g/mol. The number of ether oxygens (including phenoxy) is 1. The van der Waals surface area contributed by atoms with Crippen LogP contribution < -0.4 is 0 Å². The van der Waals surface area contributed by atoms with Crippen LogP contribution in [0.15, 0.2) is 4.99 Å². The van der Waals surface area contributed by atoms with Gasteiger partial charge in [-0.05, 0) is 25.7 Å². The maximum atomic E-state index is 11.9. The smallest absolute Gasteiger partial charge is 0.331 e. The number of nitrogens with zero attached hydrogens (tertiary/aromatic N) is 2. The van der Waals surface area contributed by atoms with Gasteiger partial charge in [0.05, 0.1) is 12.9 Å². The molecule has 0 N–H and O–H groups in total. The van der Waals surface area contributed by atoms with Gasteiger partial charge in [-0.15, -0.1) is 0 Å². The van der Waals surface area contributed by atoms with Crippen LogP contribution in [-0.4, -0.2) is 44.0 Å². The standard InChI is InChI=1S/C13H24N2O2/c1-4-17-13(16)12(14-10-15(2)3)11-8-6-5-7-9-11/h10-12H,4-9H2,1-3H3. The lowest BCUT2D eigenvalue weighted by Gasteiger charge is -2.26. The Labute approximate surface area is 104 Å². The molecule has 0 aromatic carbocycles. The van der Waals surface area contributed by atoms with Crippen molar-refractivity contribution >= 4 is 12.3 Å². The number of aliphatic imine (C=N–C) groups is 1. The van der Waals surface area contributed by atoms with Gasteiger partial charge in [-0.25, -0.2) is 4.79 Å². The highest BCUT2D eigenvalue weighted by atomic mass is 16.5. The Hall–Kier alpha value is -1.06. The van der Waals surface area contributed by atoms with Crippen LogP contribution in [0.1, 0.15) is 39.0 Å². The van der Waals surface area contributed by atoms with Crippen molar-refractivity contribution in [3.05, 3.63) is 0 Å². The van der Waals surface area contributed by atoms with Crippen LogP contribution >= 0.6 is 0 Å². The Morgan fingerprint density at radius 1 is 1.41 bits per heavy atom. The van der Waals surface area contributed by atoms with Gasteiger partial charge < -0.3 is 9.64 Å². The van der Waals surface area contributed by atoms with Crippen LogP contribution in [0.2, 0.25) is 0 Å². The third-order valence-electron chi connectivity index (χ3n) is 3.08. The summed E-state index contributed by atoms with van der Waals surface area (Å²) in [6.07, 6.45) is 7.60. The predicted molar refractivity (Wildman–Crippen MR) is 69.2 cm³/mol. The van der Waals surface area contributed by atoms with Gasteiger partial charge in [0, 0.05) is 14.1 Å². The van der Waals surface area contributed by atoms with Crippen molar-refractivity contribution < 1.29 is 9.53 Å². The van der Waals surface area contributed by atoms with Crippen LogP contribution in [0.3, 0.4) is 0 Å². The Morgan fingerprint density at radius 3 is 2.59 bits per heavy atom. The third kappa shape index (κ3) is 4.75. The van der Waals surface area contributed by atoms with Crippen molar-refractivity contribution in [2.45, 2.75) is 45.1 Å². The first kappa shape index (κ1) is 14.0. The van der Waals surface area contributed by atoms with Gasteiger partial charge >= 0.3 is 5.97 Å². The molecule has 0 spiro atoms. The van der Waals surface area contributed by atoms with Crippen molar-refractivity contribution in [3.63, 3.8) is 0 Å². The number of esters is 1. The van der Waals surface area contributed by atoms with E-state index in [2.05, 4.69) is 4.99 Å². The molecule has 1 rings (SSSR count). The molecule has 4 nitrogen and oxygen atoms in total. The molecule has 4 heteroatoms. The fourth-order valence-electron chi connectivity index (χ4n) is 2.26. The zero-order valence-corrected chi connectivity index (χ0v) is 11.2. The van der Waals surface area contributed by atoms with E-state index < -0.39 is 0 Å². The number of carbonyl (C=O) groups is 1. The van der Waals surface area contributed by atoms with E-state index in [-0.39, 0.29) is 12.0 Å². The van der Waals surface area contributed by atoms with E-state index in [1.54, 1.807) is 6.34 Å². The lowest BCUT2D eigenvalue weighted by Crippen LogP contribution is -2.32. The first-order valence-electron chi connectivity index (χ1n) is 6.51. The predicted octanol–water partition coefficient (Wildman–Crippen LogP) is 2.09. The molecule has 0 radical (unpaired) electrons. The van der Waals surface area contributed by atoms with Gasteiger partial charge in [-0.2, -0.15) is 0 Å². The summed E-state index contributed by atoms with van der Waals surface area (Å²) in [5, 5.41) is 0. The molecule has 0 amide bonds. The summed E-state index contributed by atoms with van der Waals surface area (Å²) in [5.74, 6) is 0.191. The molecule has 0 saturated heterocycles. The summed E-state index contributed by atoms with van der Waals surface area (Å²) in [7, 11) is 3.82. The Balaban J connectivity index is 2.66. The van der Waals surface area contributed by atoms with E-state index >= 15 is 0 Å². The second-order valence-electron chi connectivity index (χ2n) is 4.82. The molecule has 1 aliphatic carbocycles. The molecule has 98 valence electrons. The average Bonchev–Trinajstić information content (AvgIpc) is 2.30. The SMILES string of the molecule is CCOC(=O)C(N=CN(C)C)C1CCCCC1. The molecular weight excluding hydrogens is 216 g/mol. The van der Waals surface area contributed by atoms with Crippen LogP contribution in [-0.2, 0) is 9.53 Å². The molecule has 0 aromatic heterocycles. The Morgan fingerprint density at radius 2 is 2.06 bits per heavy atom. The maximum absolute atomic E-state index is 11.9. The lowest BCUT2D eigenvalue weighted by molar-refractivity contribution is -0.146. The normalized spacial score (nSPS) is 19.2. The van der Waals surface area contributed by atoms with Gasteiger partial charge in [0.15, 0.2) is 6.04 Å². The van der Waals surface area contributed by atoms with Crippen LogP contribution in [0, 0.1) is 5.92 Å². The monoisotopic (exact) mass is 240 g/mol. The van der Waals surface area contributed by atoms with Crippen LogP contribution in [0.25, 0.3) is 0 Å². The summed E-state index contributed by atoms with van der Waals surface area (Å²) in [5.41, 5.74) is 0. The highest BCUT2D eigenvalue weighted by Gasteiger charge is 2.29. The molecule has 0 aliphatic heterocycles. The highest BCUT2D eigenvalue weighted by Crippen LogP contribution is 2.28. The van der Waals surface area contributed by atoms with Crippen molar-refractivity contribution in [1.29, 1.82) is 0 Å². The van der Waals surface area contributed by atoms with E-state index in [0.717, 1.165) is 12.8 Å². The molecular formula is C13H24N2O2. The fraction of sp³-hybridized carbons (Fsp3) is 0.846. The van der Waals surface area contributed by atoms with Gasteiger partial charge in [0.1, 0.15) is 0 Å². The Bertz CT molecular complexity index is 258. The van der Waals surface area contributed by atoms with Gasteiger partial charge in [0.25, 0.3) is 0 Å². The van der Waals surface area contributed by atoms with E-state index in [1.807, 2.05) is 25.9 Å². The second-order valence-corrected chi connectivity index (χ2v) is 4.82. The Kier molecular flexibility index (Phi) is 6.01. The number of carbonyl (C=O) groups excluding carboxylic acids is 1. The molecule has 1 unspecified atom stereocenters. The van der Waals surface area contributed by atoms with Crippen molar-refractivity contribution in [2.24, 2.45) is 10.9 Å². The minimum atomic E-state index is -0.308. The van der Waals surface area contributed by atoms with E-state index in [1.165, 1.54) is 19.3 Å². The van der Waals surface area contributed by atoms with E-state index in [4.69, 9.17) is 4.74 Å². The lowest BCUT2D eigenvalue weighted by atomic mass is 9.84. The van der Waals surface area contributed by atoms with Gasteiger partial charge in [-0.1, -0.05) is 19.3 Å². The summed E-state index contributed by atoms with van der Waals surface area (Å²) in [6.45, 7) is 2.27. The zero-order chi connectivity index (χ0) is 12.7. The molecule has 0 heterocycles. The summed E-state index contributed by atoms with van der Waals surface area (Å²) < 4.78 is 5.12. The number of hydrogen-bond donors (Lipinski definition) is 0. The van der Waals surface area contributed by atoms with Crippen molar-refractivity contribution in [1.82, 2.24) is 4.90 Å². The summed E-state index contributed by atoms with van der Waals surface area (Å²) >= 11 is 0. The topological polar surface area (TPSA) is 41.9 Å². The zero-order valence-electron chi connectivity index (χ0n) is 11.2. The molecule has 17 heavy (non-hydrogen) atoms. The quantitative estimate of drug-likeness (QED) is 0.420. The first-order valence-corrected chi connectivity index (χ1v) is 6.51. The van der Waals surface area contributed by atoms with Gasteiger partial charge in [0.2, 0.25) is 0 Å². The highest BCUT2D eigenvalue weighted by molar-refractivity contribution is 5.78. The van der Waals surface area contributed by atoms with Gasteiger partial charge in [-0.3, -0.25) is 4.99 Å². The molecule has 1 fully saturated rings. The number of hydrogen-bond acceptors (Lipinski definition) is 3. The molecule has 0 bridgehead atoms. The molecule has 1 aliphatic rings.